The van der Waals surface area contributed by atoms with Crippen LogP contribution in [0.5, 0.6) is 0 Å². The zero-order chi connectivity index (χ0) is 20.1. The van der Waals surface area contributed by atoms with Crippen molar-refractivity contribution in [3.05, 3.63) is 28.6 Å². The molecule has 1 aromatic heterocycles. The monoisotopic (exact) mass is 373 g/mol. The van der Waals surface area contributed by atoms with E-state index in [4.69, 9.17) is 9.47 Å². The SMILES string of the molecule is COC[C@H](C)n1c(C)cc(/C=C(\C#N)C(=O)O[C@@H](C)C(=O)NC2CC2)c1C. The van der Waals surface area contributed by atoms with Crippen LogP contribution in [0.4, 0.5) is 0 Å². The normalized spacial score (nSPS) is 16.4. The minimum atomic E-state index is -0.941. The lowest BCUT2D eigenvalue weighted by atomic mass is 10.1. The number of nitriles is 1. The van der Waals surface area contributed by atoms with E-state index < -0.39 is 12.1 Å². The van der Waals surface area contributed by atoms with Gasteiger partial charge in [-0.2, -0.15) is 5.26 Å². The maximum atomic E-state index is 12.3. The highest BCUT2D eigenvalue weighted by atomic mass is 16.5. The lowest BCUT2D eigenvalue weighted by molar-refractivity contribution is -0.150. The Morgan fingerprint density at radius 3 is 2.63 bits per heavy atom. The summed E-state index contributed by atoms with van der Waals surface area (Å²) in [5.74, 6) is -1.14. The largest absolute Gasteiger partial charge is 0.448 e. The zero-order valence-electron chi connectivity index (χ0n) is 16.5. The van der Waals surface area contributed by atoms with E-state index in [2.05, 4.69) is 9.88 Å². The van der Waals surface area contributed by atoms with Crippen LogP contribution in [-0.4, -0.2) is 42.3 Å². The molecule has 0 aliphatic heterocycles. The van der Waals surface area contributed by atoms with Crippen LogP contribution in [0.2, 0.25) is 0 Å². The van der Waals surface area contributed by atoms with Crippen molar-refractivity contribution in [2.75, 3.05) is 13.7 Å². The second-order valence-corrected chi connectivity index (χ2v) is 7.00. The molecule has 7 nitrogen and oxygen atoms in total. The molecule has 27 heavy (non-hydrogen) atoms. The number of methoxy groups -OCH3 is 1. The Morgan fingerprint density at radius 1 is 1.41 bits per heavy atom. The molecule has 1 aliphatic carbocycles. The topological polar surface area (TPSA) is 93.3 Å². The van der Waals surface area contributed by atoms with E-state index in [1.165, 1.54) is 13.0 Å². The molecule has 0 saturated heterocycles. The quantitative estimate of drug-likeness (QED) is 0.429. The summed E-state index contributed by atoms with van der Waals surface area (Å²) >= 11 is 0. The molecule has 0 radical (unpaired) electrons. The van der Waals surface area contributed by atoms with Crippen molar-refractivity contribution in [1.29, 1.82) is 5.26 Å². The van der Waals surface area contributed by atoms with Gasteiger partial charge in [-0.15, -0.1) is 0 Å². The zero-order valence-corrected chi connectivity index (χ0v) is 16.5. The van der Waals surface area contributed by atoms with Gasteiger partial charge in [-0.25, -0.2) is 4.79 Å². The number of amides is 1. The summed E-state index contributed by atoms with van der Waals surface area (Å²) in [6, 6.07) is 4.10. The predicted molar refractivity (Wildman–Crippen MR) is 101 cm³/mol. The fraction of sp³-hybridized carbons (Fsp3) is 0.550. The lowest BCUT2D eigenvalue weighted by Gasteiger charge is -2.17. The summed E-state index contributed by atoms with van der Waals surface area (Å²) in [4.78, 5) is 24.2. The summed E-state index contributed by atoms with van der Waals surface area (Å²) in [6.07, 6.45) is 2.47. The maximum absolute atomic E-state index is 12.3. The van der Waals surface area contributed by atoms with Crippen molar-refractivity contribution < 1.29 is 19.1 Å². The molecular formula is C20H27N3O4. The molecule has 0 bridgehead atoms. The highest BCUT2D eigenvalue weighted by Crippen LogP contribution is 2.23. The molecule has 2 atom stereocenters. The summed E-state index contributed by atoms with van der Waals surface area (Å²) in [6.45, 7) is 7.99. The van der Waals surface area contributed by atoms with E-state index in [-0.39, 0.29) is 23.6 Å². The Balaban J connectivity index is 2.15. The van der Waals surface area contributed by atoms with Crippen LogP contribution < -0.4 is 5.32 Å². The van der Waals surface area contributed by atoms with Crippen LogP contribution in [0.3, 0.4) is 0 Å². The van der Waals surface area contributed by atoms with Gasteiger partial charge >= 0.3 is 5.97 Å². The van der Waals surface area contributed by atoms with Gasteiger partial charge in [0.05, 0.1) is 12.6 Å². The van der Waals surface area contributed by atoms with E-state index in [1.54, 1.807) is 7.11 Å². The molecule has 1 saturated carbocycles. The number of carbonyl (C=O) groups is 2. The van der Waals surface area contributed by atoms with Gasteiger partial charge in [0.25, 0.3) is 5.91 Å². The molecule has 1 aliphatic rings. The molecule has 1 aromatic rings. The van der Waals surface area contributed by atoms with E-state index in [0.717, 1.165) is 29.8 Å². The first kappa shape index (κ1) is 20.7. The Labute approximate surface area is 159 Å². The molecular weight excluding hydrogens is 346 g/mol. The number of esters is 1. The highest BCUT2D eigenvalue weighted by molar-refractivity contribution is 5.99. The predicted octanol–water partition coefficient (Wildman–Crippen LogP) is 2.43. The molecule has 1 fully saturated rings. The van der Waals surface area contributed by atoms with Gasteiger partial charge in [0.2, 0.25) is 0 Å². The Morgan fingerprint density at radius 2 is 2.07 bits per heavy atom. The second-order valence-electron chi connectivity index (χ2n) is 7.00. The highest BCUT2D eigenvalue weighted by Gasteiger charge is 2.28. The third-order valence-corrected chi connectivity index (χ3v) is 4.59. The summed E-state index contributed by atoms with van der Waals surface area (Å²) < 4.78 is 12.5. The van der Waals surface area contributed by atoms with Crippen molar-refractivity contribution in [2.45, 2.75) is 58.7 Å². The molecule has 146 valence electrons. The van der Waals surface area contributed by atoms with Crippen molar-refractivity contribution in [3.8, 4) is 6.07 Å². The van der Waals surface area contributed by atoms with Crippen molar-refractivity contribution in [2.24, 2.45) is 0 Å². The number of hydrogen-bond acceptors (Lipinski definition) is 5. The fourth-order valence-electron chi connectivity index (χ4n) is 3.06. The Kier molecular flexibility index (Phi) is 6.81. The van der Waals surface area contributed by atoms with E-state index >= 15 is 0 Å². The molecule has 1 N–H and O–H groups in total. The number of aromatic nitrogens is 1. The smallest absolute Gasteiger partial charge is 0.349 e. The van der Waals surface area contributed by atoms with Gasteiger partial charge in [-0.1, -0.05) is 0 Å². The Hall–Kier alpha value is -2.59. The number of rotatable bonds is 8. The lowest BCUT2D eigenvalue weighted by Crippen LogP contribution is -2.37. The number of ether oxygens (including phenoxy) is 2. The minimum absolute atomic E-state index is 0.126. The van der Waals surface area contributed by atoms with Gasteiger partial charge in [0.1, 0.15) is 11.6 Å². The van der Waals surface area contributed by atoms with Gasteiger partial charge in [0.15, 0.2) is 6.10 Å². The van der Waals surface area contributed by atoms with Crippen LogP contribution in [-0.2, 0) is 19.1 Å². The van der Waals surface area contributed by atoms with Crippen LogP contribution >= 0.6 is 0 Å². The van der Waals surface area contributed by atoms with Gasteiger partial charge < -0.3 is 19.4 Å². The molecule has 0 unspecified atom stereocenters. The van der Waals surface area contributed by atoms with Crippen LogP contribution in [0.1, 0.15) is 49.7 Å². The van der Waals surface area contributed by atoms with Crippen molar-refractivity contribution in [3.63, 3.8) is 0 Å². The second kappa shape index (κ2) is 8.87. The van der Waals surface area contributed by atoms with Crippen LogP contribution in [0.15, 0.2) is 11.6 Å². The number of nitrogens with one attached hydrogen (secondary N) is 1. The summed E-state index contributed by atoms with van der Waals surface area (Å²) in [5.41, 5.74) is 2.56. The first-order valence-electron chi connectivity index (χ1n) is 9.09. The van der Waals surface area contributed by atoms with Gasteiger partial charge in [-0.05, 0) is 58.2 Å². The van der Waals surface area contributed by atoms with E-state index in [9.17, 15) is 14.9 Å². The molecule has 0 spiro atoms. The molecule has 2 rings (SSSR count). The number of carbonyl (C=O) groups excluding carboxylic acids is 2. The molecule has 0 aromatic carbocycles. The first-order valence-corrected chi connectivity index (χ1v) is 9.09. The molecule has 7 heteroatoms. The average Bonchev–Trinajstić information content (AvgIpc) is 3.37. The van der Waals surface area contributed by atoms with Gasteiger partial charge in [0, 0.05) is 24.5 Å². The first-order chi connectivity index (χ1) is 12.8. The summed E-state index contributed by atoms with van der Waals surface area (Å²) in [5, 5.41) is 12.2. The van der Waals surface area contributed by atoms with Gasteiger partial charge in [-0.3, -0.25) is 4.79 Å². The van der Waals surface area contributed by atoms with E-state index in [1.807, 2.05) is 32.9 Å². The molecule has 1 heterocycles. The standard InChI is InChI=1S/C20H27N3O4/c1-12-8-16(14(3)23(12)13(2)11-26-5)9-17(10-21)20(25)27-15(4)19(24)22-18-6-7-18/h8-9,13,15,18H,6-7,11H2,1-5H3,(H,22,24)/b17-9+/t13-,15-/m0/s1. The number of aryl methyl sites for hydroxylation is 1. The third kappa shape index (κ3) is 5.20. The summed E-state index contributed by atoms with van der Waals surface area (Å²) in [7, 11) is 1.65. The van der Waals surface area contributed by atoms with Crippen molar-refractivity contribution >= 4 is 18.0 Å². The maximum Gasteiger partial charge on any atom is 0.349 e. The van der Waals surface area contributed by atoms with E-state index in [0.29, 0.717) is 6.61 Å². The Bertz CT molecular complexity index is 784. The minimum Gasteiger partial charge on any atom is -0.448 e. The fourth-order valence-corrected chi connectivity index (χ4v) is 3.06. The third-order valence-electron chi connectivity index (χ3n) is 4.59. The van der Waals surface area contributed by atoms with Crippen LogP contribution in [0.25, 0.3) is 6.08 Å². The van der Waals surface area contributed by atoms with Crippen LogP contribution in [0, 0.1) is 25.2 Å². The van der Waals surface area contributed by atoms with Crippen molar-refractivity contribution in [1.82, 2.24) is 9.88 Å². The number of hydrogen-bond donors (Lipinski definition) is 1. The average molecular weight is 373 g/mol. The number of nitrogens with zero attached hydrogens (tertiary/aromatic N) is 2. The molecule has 1 amide bonds.